The van der Waals surface area contributed by atoms with Crippen LogP contribution in [0.2, 0.25) is 0 Å². The van der Waals surface area contributed by atoms with E-state index in [0.29, 0.717) is 34.8 Å². The van der Waals surface area contributed by atoms with Gasteiger partial charge in [-0.25, -0.2) is 4.79 Å². The number of rotatable bonds is 4. The van der Waals surface area contributed by atoms with Crippen molar-refractivity contribution in [3.8, 4) is 0 Å². The van der Waals surface area contributed by atoms with Crippen LogP contribution in [0.4, 0.5) is 5.69 Å². The molecule has 6 heteroatoms. The van der Waals surface area contributed by atoms with Gasteiger partial charge in [0.25, 0.3) is 5.91 Å². The zero-order chi connectivity index (χ0) is 16.3. The van der Waals surface area contributed by atoms with Gasteiger partial charge < -0.3 is 15.0 Å². The van der Waals surface area contributed by atoms with Gasteiger partial charge in [0.2, 0.25) is 0 Å². The van der Waals surface area contributed by atoms with Crippen molar-refractivity contribution in [1.82, 2.24) is 4.98 Å². The first-order valence-electron chi connectivity index (χ1n) is 6.87. The third kappa shape index (κ3) is 3.39. The van der Waals surface area contributed by atoms with E-state index in [4.69, 9.17) is 4.74 Å². The summed E-state index contributed by atoms with van der Waals surface area (Å²) in [6.07, 6.45) is 0. The monoisotopic (exact) mass is 364 g/mol. The van der Waals surface area contributed by atoms with Crippen molar-refractivity contribution in [3.05, 3.63) is 51.3 Å². The highest BCUT2D eigenvalue weighted by Gasteiger charge is 2.22. The summed E-state index contributed by atoms with van der Waals surface area (Å²) in [5.41, 5.74) is 2.67. The van der Waals surface area contributed by atoms with Gasteiger partial charge in [0.15, 0.2) is 0 Å². The van der Waals surface area contributed by atoms with Crippen molar-refractivity contribution < 1.29 is 14.3 Å². The zero-order valence-electron chi connectivity index (χ0n) is 12.6. The summed E-state index contributed by atoms with van der Waals surface area (Å²) in [6, 6.07) is 7.26. The Kier molecular flexibility index (Phi) is 5.03. The van der Waals surface area contributed by atoms with E-state index in [2.05, 4.69) is 26.2 Å². The van der Waals surface area contributed by atoms with Crippen LogP contribution in [-0.4, -0.2) is 23.5 Å². The molecular formula is C16H17BrN2O3. The van der Waals surface area contributed by atoms with Gasteiger partial charge in [-0.1, -0.05) is 15.9 Å². The molecule has 0 unspecified atom stereocenters. The Morgan fingerprint density at radius 3 is 2.45 bits per heavy atom. The van der Waals surface area contributed by atoms with E-state index in [9.17, 15) is 9.59 Å². The molecule has 22 heavy (non-hydrogen) atoms. The molecule has 5 nitrogen and oxygen atoms in total. The minimum Gasteiger partial charge on any atom is -0.462 e. The van der Waals surface area contributed by atoms with Gasteiger partial charge in [-0.05, 0) is 50.6 Å². The first kappa shape index (κ1) is 16.3. The quantitative estimate of drug-likeness (QED) is 0.810. The lowest BCUT2D eigenvalue weighted by atomic mass is 10.1. The van der Waals surface area contributed by atoms with E-state index in [0.717, 1.165) is 4.47 Å². The number of hydrogen-bond donors (Lipinski definition) is 2. The lowest BCUT2D eigenvalue weighted by Gasteiger charge is -2.05. The average Bonchev–Trinajstić information content (AvgIpc) is 2.77. The van der Waals surface area contributed by atoms with E-state index in [1.807, 2.05) is 12.1 Å². The zero-order valence-corrected chi connectivity index (χ0v) is 14.2. The largest absolute Gasteiger partial charge is 0.462 e. The molecule has 0 radical (unpaired) electrons. The first-order chi connectivity index (χ1) is 10.4. The van der Waals surface area contributed by atoms with Crippen LogP contribution in [0.25, 0.3) is 0 Å². The molecule has 0 saturated heterocycles. The number of anilines is 1. The lowest BCUT2D eigenvalue weighted by molar-refractivity contribution is 0.0525. The van der Waals surface area contributed by atoms with Crippen molar-refractivity contribution >= 4 is 33.5 Å². The highest BCUT2D eigenvalue weighted by Crippen LogP contribution is 2.21. The maximum Gasteiger partial charge on any atom is 0.340 e. The molecule has 1 amide bonds. The van der Waals surface area contributed by atoms with Crippen molar-refractivity contribution in [1.29, 1.82) is 0 Å². The van der Waals surface area contributed by atoms with Gasteiger partial charge in [-0.15, -0.1) is 0 Å². The van der Waals surface area contributed by atoms with Gasteiger partial charge in [-0.2, -0.15) is 0 Å². The van der Waals surface area contributed by atoms with E-state index in [1.54, 1.807) is 32.9 Å². The second-order valence-corrected chi connectivity index (χ2v) is 5.72. The van der Waals surface area contributed by atoms with E-state index in [-0.39, 0.29) is 5.91 Å². The normalized spacial score (nSPS) is 10.4. The standard InChI is InChI=1S/C16H17BrN2O3/c1-4-22-16(21)13-9(2)14(18-10(13)3)15(20)19-12-7-5-11(17)6-8-12/h5-8,18H,4H2,1-3H3,(H,19,20). The molecule has 0 atom stereocenters. The molecule has 2 aromatic rings. The van der Waals surface area contributed by atoms with Crippen molar-refractivity contribution in [2.75, 3.05) is 11.9 Å². The number of carbonyl (C=O) groups excluding carboxylic acids is 2. The number of H-pyrrole nitrogens is 1. The minimum atomic E-state index is -0.420. The predicted molar refractivity (Wildman–Crippen MR) is 88.3 cm³/mol. The van der Waals surface area contributed by atoms with Crippen LogP contribution in [-0.2, 0) is 4.74 Å². The fourth-order valence-corrected chi connectivity index (χ4v) is 2.48. The lowest BCUT2D eigenvalue weighted by Crippen LogP contribution is -2.14. The van der Waals surface area contributed by atoms with Crippen molar-refractivity contribution in [3.63, 3.8) is 0 Å². The molecule has 0 bridgehead atoms. The highest BCUT2D eigenvalue weighted by molar-refractivity contribution is 9.10. The SMILES string of the molecule is CCOC(=O)c1c(C)[nH]c(C(=O)Nc2ccc(Br)cc2)c1C. The maximum atomic E-state index is 12.4. The van der Waals surface area contributed by atoms with Crippen LogP contribution in [0.15, 0.2) is 28.7 Å². The number of carbonyl (C=O) groups is 2. The fraction of sp³-hybridized carbons (Fsp3) is 0.250. The molecule has 0 spiro atoms. The third-order valence-corrected chi connectivity index (χ3v) is 3.77. The van der Waals surface area contributed by atoms with Gasteiger partial charge in [0.05, 0.1) is 12.2 Å². The molecule has 1 aromatic carbocycles. The van der Waals surface area contributed by atoms with Crippen LogP contribution in [0.5, 0.6) is 0 Å². The molecule has 0 aliphatic heterocycles. The molecule has 0 fully saturated rings. The predicted octanol–water partition coefficient (Wildman–Crippen LogP) is 3.82. The Hall–Kier alpha value is -2.08. The van der Waals surface area contributed by atoms with Crippen LogP contribution in [0.3, 0.4) is 0 Å². The second kappa shape index (κ2) is 6.79. The van der Waals surface area contributed by atoms with Crippen LogP contribution >= 0.6 is 15.9 Å². The Labute approximate surface area is 137 Å². The van der Waals surface area contributed by atoms with Gasteiger partial charge >= 0.3 is 5.97 Å². The molecular weight excluding hydrogens is 348 g/mol. The number of amides is 1. The number of aromatic nitrogens is 1. The third-order valence-electron chi connectivity index (χ3n) is 3.25. The fourth-order valence-electron chi connectivity index (χ4n) is 2.21. The van der Waals surface area contributed by atoms with Crippen LogP contribution in [0, 0.1) is 13.8 Å². The minimum absolute atomic E-state index is 0.293. The van der Waals surface area contributed by atoms with Crippen molar-refractivity contribution in [2.45, 2.75) is 20.8 Å². The number of aromatic amines is 1. The molecule has 116 valence electrons. The van der Waals surface area contributed by atoms with Crippen LogP contribution < -0.4 is 5.32 Å². The Balaban J connectivity index is 2.25. The van der Waals surface area contributed by atoms with Crippen molar-refractivity contribution in [2.24, 2.45) is 0 Å². The number of hydrogen-bond acceptors (Lipinski definition) is 3. The molecule has 2 N–H and O–H groups in total. The summed E-state index contributed by atoms with van der Waals surface area (Å²) in [4.78, 5) is 27.3. The number of halogens is 1. The first-order valence-corrected chi connectivity index (χ1v) is 7.66. The van der Waals surface area contributed by atoms with Crippen LogP contribution in [0.1, 0.15) is 39.0 Å². The van der Waals surface area contributed by atoms with Gasteiger partial charge in [-0.3, -0.25) is 4.79 Å². The Morgan fingerprint density at radius 1 is 1.23 bits per heavy atom. The summed E-state index contributed by atoms with van der Waals surface area (Å²) < 4.78 is 5.95. The van der Waals surface area contributed by atoms with E-state index < -0.39 is 5.97 Å². The summed E-state index contributed by atoms with van der Waals surface area (Å²) >= 11 is 3.34. The number of benzene rings is 1. The molecule has 1 heterocycles. The topological polar surface area (TPSA) is 71.2 Å². The summed E-state index contributed by atoms with van der Waals surface area (Å²) in [7, 11) is 0. The smallest absolute Gasteiger partial charge is 0.340 e. The van der Waals surface area contributed by atoms with E-state index in [1.165, 1.54) is 0 Å². The highest BCUT2D eigenvalue weighted by atomic mass is 79.9. The Bertz CT molecular complexity index is 705. The van der Waals surface area contributed by atoms with Gasteiger partial charge in [0, 0.05) is 15.9 Å². The molecule has 0 aliphatic rings. The summed E-state index contributed by atoms with van der Waals surface area (Å²) in [6.45, 7) is 5.52. The summed E-state index contributed by atoms with van der Waals surface area (Å²) in [5, 5.41) is 2.79. The number of ether oxygens (including phenoxy) is 1. The molecule has 0 saturated carbocycles. The maximum absolute atomic E-state index is 12.4. The number of aryl methyl sites for hydroxylation is 1. The molecule has 2 rings (SSSR count). The second-order valence-electron chi connectivity index (χ2n) is 4.81. The number of esters is 1. The average molecular weight is 365 g/mol. The Morgan fingerprint density at radius 2 is 1.86 bits per heavy atom. The van der Waals surface area contributed by atoms with E-state index >= 15 is 0 Å². The van der Waals surface area contributed by atoms with Gasteiger partial charge in [0.1, 0.15) is 5.69 Å². The molecule has 0 aliphatic carbocycles. The molecule has 1 aromatic heterocycles. The summed E-state index contributed by atoms with van der Waals surface area (Å²) in [5.74, 6) is -0.713. The number of nitrogens with one attached hydrogen (secondary N) is 2.